The second kappa shape index (κ2) is 10.1. The van der Waals surface area contributed by atoms with E-state index >= 15 is 0 Å². The van der Waals surface area contributed by atoms with Crippen LogP contribution in [0.1, 0.15) is 58.2 Å². The Labute approximate surface area is 183 Å². The number of benzene rings is 3. The fourth-order valence-electron chi connectivity index (χ4n) is 3.51. The van der Waals surface area contributed by atoms with Gasteiger partial charge in [-0.2, -0.15) is 0 Å². The molecule has 0 aliphatic rings. The van der Waals surface area contributed by atoms with Crippen molar-refractivity contribution in [3.63, 3.8) is 0 Å². The van der Waals surface area contributed by atoms with Crippen LogP contribution >= 0.6 is 0 Å². The summed E-state index contributed by atoms with van der Waals surface area (Å²) in [5.74, 6) is 0.00486. The normalized spacial score (nSPS) is 10.7. The van der Waals surface area contributed by atoms with Crippen molar-refractivity contribution in [2.45, 2.75) is 40.5 Å². The summed E-state index contributed by atoms with van der Waals surface area (Å²) in [7, 11) is 0. The maximum absolute atomic E-state index is 12.9. The van der Waals surface area contributed by atoms with Gasteiger partial charge in [0.2, 0.25) is 0 Å². The van der Waals surface area contributed by atoms with Crippen LogP contribution in [0.25, 0.3) is 0 Å². The molecule has 0 unspecified atom stereocenters. The molecule has 160 valence electrons. The second-order valence-corrected chi connectivity index (χ2v) is 7.95. The van der Waals surface area contributed by atoms with Crippen LogP contribution in [0.5, 0.6) is 11.5 Å². The van der Waals surface area contributed by atoms with E-state index in [-0.39, 0.29) is 0 Å². The highest BCUT2D eigenvalue weighted by Gasteiger charge is 2.24. The third-order valence-electron chi connectivity index (χ3n) is 5.02. The molecule has 0 heterocycles. The molecule has 4 heteroatoms. The van der Waals surface area contributed by atoms with E-state index in [2.05, 4.69) is 20.8 Å². The summed E-state index contributed by atoms with van der Waals surface area (Å²) in [4.78, 5) is 25.7. The van der Waals surface area contributed by atoms with Gasteiger partial charge in [0.25, 0.3) is 0 Å². The molecule has 3 aromatic rings. The van der Waals surface area contributed by atoms with Crippen molar-refractivity contribution in [3.8, 4) is 11.5 Å². The molecule has 0 saturated carbocycles. The zero-order valence-corrected chi connectivity index (χ0v) is 18.5. The van der Waals surface area contributed by atoms with Crippen molar-refractivity contribution < 1.29 is 19.1 Å². The Morgan fingerprint density at radius 3 is 1.74 bits per heavy atom. The molecule has 31 heavy (non-hydrogen) atoms. The van der Waals surface area contributed by atoms with Gasteiger partial charge in [-0.05, 0) is 61.1 Å². The molecule has 0 atom stereocenters. The number of hydrogen-bond acceptors (Lipinski definition) is 4. The van der Waals surface area contributed by atoms with E-state index in [0.717, 1.165) is 23.1 Å². The molecule has 0 spiro atoms. The predicted molar refractivity (Wildman–Crippen MR) is 122 cm³/mol. The zero-order chi connectivity index (χ0) is 22.4. The van der Waals surface area contributed by atoms with Crippen LogP contribution in [0.15, 0.2) is 66.7 Å². The predicted octanol–water partition coefficient (Wildman–Crippen LogP) is 6.19. The van der Waals surface area contributed by atoms with Gasteiger partial charge in [-0.3, -0.25) is 0 Å². The van der Waals surface area contributed by atoms with Gasteiger partial charge < -0.3 is 9.47 Å². The Hall–Kier alpha value is -3.40. The monoisotopic (exact) mass is 416 g/mol. The third kappa shape index (κ3) is 5.40. The van der Waals surface area contributed by atoms with Gasteiger partial charge in [0.05, 0.1) is 11.1 Å². The van der Waals surface area contributed by atoms with Gasteiger partial charge in [0.15, 0.2) is 11.5 Å². The van der Waals surface area contributed by atoms with E-state index in [0.29, 0.717) is 35.0 Å². The molecule has 0 aliphatic carbocycles. The standard InChI is InChI=1S/C27H28O4/c1-5-20-17-19(4)24(30-26(28)21-12-8-6-9-13-21)25(23(20)16-18(2)3)31-27(29)22-14-10-7-11-15-22/h6-15,17-18H,5,16H2,1-4H3. The fraction of sp³-hybridized carbons (Fsp3) is 0.259. The molecule has 3 aromatic carbocycles. The minimum atomic E-state index is -0.486. The first-order valence-electron chi connectivity index (χ1n) is 10.6. The molecule has 0 saturated heterocycles. The molecule has 0 aliphatic heterocycles. The summed E-state index contributed by atoms with van der Waals surface area (Å²) in [6.07, 6.45) is 1.49. The van der Waals surface area contributed by atoms with Crippen LogP contribution in [-0.2, 0) is 12.8 Å². The van der Waals surface area contributed by atoms with Gasteiger partial charge >= 0.3 is 11.9 Å². The van der Waals surface area contributed by atoms with Crippen LogP contribution in [0.3, 0.4) is 0 Å². The minimum absolute atomic E-state index is 0.297. The van der Waals surface area contributed by atoms with Gasteiger partial charge in [0.1, 0.15) is 0 Å². The second-order valence-electron chi connectivity index (χ2n) is 7.95. The van der Waals surface area contributed by atoms with E-state index in [1.165, 1.54) is 0 Å². The first-order chi connectivity index (χ1) is 14.9. The van der Waals surface area contributed by atoms with Crippen LogP contribution in [0.2, 0.25) is 0 Å². The average Bonchev–Trinajstić information content (AvgIpc) is 2.78. The summed E-state index contributed by atoms with van der Waals surface area (Å²) in [5.41, 5.74) is 3.62. The lowest BCUT2D eigenvalue weighted by molar-refractivity contribution is 0.0679. The van der Waals surface area contributed by atoms with Crippen molar-refractivity contribution in [1.29, 1.82) is 0 Å². The van der Waals surface area contributed by atoms with E-state index in [1.807, 2.05) is 25.1 Å². The lowest BCUT2D eigenvalue weighted by Gasteiger charge is -2.21. The number of aryl methyl sites for hydroxylation is 2. The maximum Gasteiger partial charge on any atom is 0.343 e. The van der Waals surface area contributed by atoms with Gasteiger partial charge in [-0.1, -0.05) is 63.2 Å². The highest BCUT2D eigenvalue weighted by atomic mass is 16.6. The number of carbonyl (C=O) groups is 2. The molecule has 0 radical (unpaired) electrons. The Morgan fingerprint density at radius 2 is 1.29 bits per heavy atom. The van der Waals surface area contributed by atoms with Crippen molar-refractivity contribution in [3.05, 3.63) is 94.5 Å². The molecule has 4 nitrogen and oxygen atoms in total. The summed E-state index contributed by atoms with van der Waals surface area (Å²) in [6.45, 7) is 8.15. The van der Waals surface area contributed by atoms with Crippen LogP contribution in [-0.4, -0.2) is 11.9 Å². The Kier molecular flexibility index (Phi) is 7.24. The van der Waals surface area contributed by atoms with Crippen molar-refractivity contribution in [1.82, 2.24) is 0 Å². The van der Waals surface area contributed by atoms with Crippen molar-refractivity contribution in [2.24, 2.45) is 5.92 Å². The van der Waals surface area contributed by atoms with Crippen molar-refractivity contribution >= 4 is 11.9 Å². The summed E-state index contributed by atoms with van der Waals surface area (Å²) in [6, 6.07) is 19.6. The number of hydrogen-bond donors (Lipinski definition) is 0. The first-order valence-corrected chi connectivity index (χ1v) is 10.6. The summed E-state index contributed by atoms with van der Waals surface area (Å²) >= 11 is 0. The SMILES string of the molecule is CCc1cc(C)c(OC(=O)c2ccccc2)c(OC(=O)c2ccccc2)c1CC(C)C. The molecule has 3 rings (SSSR count). The van der Waals surface area contributed by atoms with Gasteiger partial charge in [0, 0.05) is 5.56 Å². The number of esters is 2. The number of ether oxygens (including phenoxy) is 2. The lowest BCUT2D eigenvalue weighted by Crippen LogP contribution is -2.16. The smallest absolute Gasteiger partial charge is 0.343 e. The molecule has 0 fully saturated rings. The third-order valence-corrected chi connectivity index (χ3v) is 5.02. The Bertz CT molecular complexity index is 1050. The molecular formula is C27H28O4. The highest BCUT2D eigenvalue weighted by Crippen LogP contribution is 2.40. The van der Waals surface area contributed by atoms with Crippen molar-refractivity contribution in [2.75, 3.05) is 0 Å². The minimum Gasteiger partial charge on any atom is -0.419 e. The topological polar surface area (TPSA) is 52.6 Å². The van der Waals surface area contributed by atoms with Gasteiger partial charge in [-0.25, -0.2) is 9.59 Å². The van der Waals surface area contributed by atoms with Crippen LogP contribution in [0, 0.1) is 12.8 Å². The Morgan fingerprint density at radius 1 is 0.806 bits per heavy atom. The Balaban J connectivity index is 2.09. The van der Waals surface area contributed by atoms with Crippen LogP contribution < -0.4 is 9.47 Å². The quantitative estimate of drug-likeness (QED) is 0.340. The van der Waals surface area contributed by atoms with E-state index in [1.54, 1.807) is 48.5 Å². The molecule has 0 amide bonds. The fourth-order valence-corrected chi connectivity index (χ4v) is 3.51. The van der Waals surface area contributed by atoms with E-state index in [4.69, 9.17) is 9.47 Å². The van der Waals surface area contributed by atoms with E-state index < -0.39 is 11.9 Å². The maximum atomic E-state index is 12.9. The number of carbonyl (C=O) groups excluding carboxylic acids is 2. The summed E-state index contributed by atoms with van der Waals surface area (Å²) < 4.78 is 11.7. The average molecular weight is 417 g/mol. The first kappa shape index (κ1) is 22.3. The molecular weight excluding hydrogens is 388 g/mol. The largest absolute Gasteiger partial charge is 0.419 e. The lowest BCUT2D eigenvalue weighted by atomic mass is 9.93. The highest BCUT2D eigenvalue weighted by molar-refractivity contribution is 5.93. The van der Waals surface area contributed by atoms with E-state index in [9.17, 15) is 9.59 Å². The molecule has 0 N–H and O–H groups in total. The van der Waals surface area contributed by atoms with Gasteiger partial charge in [-0.15, -0.1) is 0 Å². The molecule has 0 bridgehead atoms. The van der Waals surface area contributed by atoms with Crippen LogP contribution in [0.4, 0.5) is 0 Å². The molecule has 0 aromatic heterocycles. The zero-order valence-electron chi connectivity index (χ0n) is 18.5. The summed E-state index contributed by atoms with van der Waals surface area (Å²) in [5, 5.41) is 0. The number of rotatable bonds is 7.